The Hall–Kier alpha value is -1.62. The van der Waals surface area contributed by atoms with Gasteiger partial charge in [-0.3, -0.25) is 0 Å². The Kier molecular flexibility index (Phi) is 3.64. The van der Waals surface area contributed by atoms with E-state index in [2.05, 4.69) is 5.16 Å². The molecule has 3 rings (SSSR count). The summed E-state index contributed by atoms with van der Waals surface area (Å²) in [6.45, 7) is 3.33. The molecule has 0 N–H and O–H groups in total. The first-order valence-electron chi connectivity index (χ1n) is 6.26. The third-order valence-electron chi connectivity index (χ3n) is 2.78. The molecule has 1 aromatic carbocycles. The van der Waals surface area contributed by atoms with Gasteiger partial charge in [0.05, 0.1) is 18.9 Å². The third-order valence-corrected chi connectivity index (χ3v) is 3.81. The lowest BCUT2D eigenvalue weighted by atomic mass is 10.3. The van der Waals surface area contributed by atoms with Crippen molar-refractivity contribution in [1.82, 2.24) is 5.16 Å². The van der Waals surface area contributed by atoms with Gasteiger partial charge in [0.15, 0.2) is 11.5 Å². The van der Waals surface area contributed by atoms with Crippen LogP contribution in [-0.4, -0.2) is 18.4 Å². The van der Waals surface area contributed by atoms with Crippen molar-refractivity contribution in [3.05, 3.63) is 35.7 Å². The number of benzene rings is 1. The second-order valence-corrected chi connectivity index (χ2v) is 5.43. The van der Waals surface area contributed by atoms with E-state index in [0.717, 1.165) is 46.6 Å². The van der Waals surface area contributed by atoms with Crippen molar-refractivity contribution in [2.45, 2.75) is 24.0 Å². The average Bonchev–Trinajstić information content (AvgIpc) is 2.70. The van der Waals surface area contributed by atoms with Gasteiger partial charge < -0.3 is 14.0 Å². The molecule has 0 unspecified atom stereocenters. The van der Waals surface area contributed by atoms with Crippen molar-refractivity contribution >= 4 is 11.8 Å². The number of ether oxygens (including phenoxy) is 2. The quantitative estimate of drug-likeness (QED) is 0.804. The van der Waals surface area contributed by atoms with Gasteiger partial charge >= 0.3 is 0 Å². The Labute approximate surface area is 116 Å². The van der Waals surface area contributed by atoms with Crippen molar-refractivity contribution in [2.75, 3.05) is 13.2 Å². The monoisotopic (exact) mass is 277 g/mol. The minimum absolute atomic E-state index is 0.712. The summed E-state index contributed by atoms with van der Waals surface area (Å²) in [6, 6.07) is 8.00. The molecule has 1 aliphatic heterocycles. The van der Waals surface area contributed by atoms with Crippen molar-refractivity contribution < 1.29 is 14.0 Å². The van der Waals surface area contributed by atoms with Crippen LogP contribution in [0.4, 0.5) is 0 Å². The Morgan fingerprint density at radius 1 is 1.16 bits per heavy atom. The molecule has 0 saturated carbocycles. The zero-order chi connectivity index (χ0) is 13.1. The molecule has 100 valence electrons. The second kappa shape index (κ2) is 5.57. The fourth-order valence-electron chi connectivity index (χ4n) is 1.88. The zero-order valence-electron chi connectivity index (χ0n) is 10.7. The van der Waals surface area contributed by atoms with Gasteiger partial charge in [-0.25, -0.2) is 0 Å². The molecule has 0 amide bonds. The van der Waals surface area contributed by atoms with Crippen molar-refractivity contribution in [3.8, 4) is 11.5 Å². The summed E-state index contributed by atoms with van der Waals surface area (Å²) >= 11 is 1.71. The van der Waals surface area contributed by atoms with Crippen LogP contribution < -0.4 is 9.47 Å². The van der Waals surface area contributed by atoms with Crippen molar-refractivity contribution in [3.63, 3.8) is 0 Å². The highest BCUT2D eigenvalue weighted by atomic mass is 32.2. The normalized spacial score (nSPS) is 14.2. The lowest BCUT2D eigenvalue weighted by molar-refractivity contribution is 0.297. The molecule has 0 spiro atoms. The van der Waals surface area contributed by atoms with Crippen molar-refractivity contribution in [1.29, 1.82) is 0 Å². The summed E-state index contributed by atoms with van der Waals surface area (Å²) in [5.74, 6) is 3.30. The first-order chi connectivity index (χ1) is 9.31. The van der Waals surface area contributed by atoms with Crippen molar-refractivity contribution in [2.24, 2.45) is 0 Å². The van der Waals surface area contributed by atoms with E-state index in [9.17, 15) is 0 Å². The molecule has 1 aromatic heterocycles. The van der Waals surface area contributed by atoms with E-state index in [4.69, 9.17) is 14.0 Å². The summed E-state index contributed by atoms with van der Waals surface area (Å²) in [6.07, 6.45) is 0.926. The predicted octanol–water partition coefficient (Wildman–Crippen LogP) is 3.44. The smallest absolute Gasteiger partial charge is 0.162 e. The molecule has 0 atom stereocenters. The molecule has 4 nitrogen and oxygen atoms in total. The van der Waals surface area contributed by atoms with E-state index < -0.39 is 0 Å². The average molecular weight is 277 g/mol. The summed E-state index contributed by atoms with van der Waals surface area (Å²) in [5, 5.41) is 3.98. The summed E-state index contributed by atoms with van der Waals surface area (Å²) in [4.78, 5) is 1.14. The Morgan fingerprint density at radius 2 is 2.00 bits per heavy atom. The summed E-state index contributed by atoms with van der Waals surface area (Å²) < 4.78 is 16.3. The Balaban J connectivity index is 1.69. The minimum atomic E-state index is 0.712. The zero-order valence-corrected chi connectivity index (χ0v) is 11.5. The van der Waals surface area contributed by atoms with Gasteiger partial charge in [-0.15, -0.1) is 11.8 Å². The van der Waals surface area contributed by atoms with E-state index in [1.54, 1.807) is 11.8 Å². The number of rotatable bonds is 3. The van der Waals surface area contributed by atoms with Gasteiger partial charge in [0.1, 0.15) is 5.76 Å². The molecule has 19 heavy (non-hydrogen) atoms. The SMILES string of the molecule is Cc1cc(CSc2ccc3c(c2)OCCCO3)no1. The predicted molar refractivity (Wildman–Crippen MR) is 72.9 cm³/mol. The lowest BCUT2D eigenvalue weighted by Crippen LogP contribution is -1.97. The van der Waals surface area contributed by atoms with Crippen LogP contribution in [0.3, 0.4) is 0 Å². The molecular formula is C14H15NO3S. The molecule has 2 aromatic rings. The minimum Gasteiger partial charge on any atom is -0.490 e. The first-order valence-corrected chi connectivity index (χ1v) is 7.24. The maximum Gasteiger partial charge on any atom is 0.162 e. The molecule has 0 bridgehead atoms. The van der Waals surface area contributed by atoms with E-state index >= 15 is 0 Å². The molecule has 2 heterocycles. The van der Waals surface area contributed by atoms with E-state index in [1.165, 1.54) is 0 Å². The lowest BCUT2D eigenvalue weighted by Gasteiger charge is -2.08. The van der Waals surface area contributed by atoms with Crippen LogP contribution in [0.1, 0.15) is 17.9 Å². The maximum atomic E-state index is 5.67. The molecule has 0 saturated heterocycles. The van der Waals surface area contributed by atoms with Crippen LogP contribution in [0.25, 0.3) is 0 Å². The third kappa shape index (κ3) is 3.04. The first kappa shape index (κ1) is 12.4. The molecular weight excluding hydrogens is 262 g/mol. The number of nitrogens with zero attached hydrogens (tertiary/aromatic N) is 1. The van der Waals surface area contributed by atoms with Crippen LogP contribution in [0.5, 0.6) is 11.5 Å². The molecule has 0 radical (unpaired) electrons. The topological polar surface area (TPSA) is 44.5 Å². The van der Waals surface area contributed by atoms with E-state index in [-0.39, 0.29) is 0 Å². The summed E-state index contributed by atoms with van der Waals surface area (Å²) in [5.41, 5.74) is 0.953. The van der Waals surface area contributed by atoms with Crippen LogP contribution >= 0.6 is 11.8 Å². The van der Waals surface area contributed by atoms with Gasteiger partial charge in [0.25, 0.3) is 0 Å². The molecule has 5 heteroatoms. The van der Waals surface area contributed by atoms with Crippen LogP contribution in [-0.2, 0) is 5.75 Å². The van der Waals surface area contributed by atoms with Crippen LogP contribution in [0, 0.1) is 6.92 Å². The van der Waals surface area contributed by atoms with E-state index in [1.807, 2.05) is 31.2 Å². The number of hydrogen-bond acceptors (Lipinski definition) is 5. The van der Waals surface area contributed by atoms with Gasteiger partial charge in [-0.05, 0) is 25.1 Å². The summed E-state index contributed by atoms with van der Waals surface area (Å²) in [7, 11) is 0. The Morgan fingerprint density at radius 3 is 2.79 bits per heavy atom. The van der Waals surface area contributed by atoms with Crippen LogP contribution in [0.2, 0.25) is 0 Å². The highest BCUT2D eigenvalue weighted by Gasteiger charge is 2.11. The molecule has 0 aliphatic carbocycles. The molecule has 1 aliphatic rings. The standard InChI is InChI=1S/C14H15NO3S/c1-10-7-11(15-18-10)9-19-12-3-4-13-14(8-12)17-6-2-5-16-13/h3-4,7-8H,2,5-6,9H2,1H3. The van der Waals surface area contributed by atoms with Gasteiger partial charge in [0, 0.05) is 23.1 Å². The Bertz CT molecular complexity index is 568. The van der Waals surface area contributed by atoms with E-state index in [0.29, 0.717) is 6.61 Å². The fourth-order valence-corrected chi connectivity index (χ4v) is 2.68. The number of thioether (sulfide) groups is 1. The number of hydrogen-bond donors (Lipinski definition) is 0. The highest BCUT2D eigenvalue weighted by molar-refractivity contribution is 7.98. The maximum absolute atomic E-state index is 5.67. The second-order valence-electron chi connectivity index (χ2n) is 4.38. The number of aromatic nitrogens is 1. The molecule has 0 fully saturated rings. The van der Waals surface area contributed by atoms with Gasteiger partial charge in [0.2, 0.25) is 0 Å². The largest absolute Gasteiger partial charge is 0.490 e. The van der Waals surface area contributed by atoms with Gasteiger partial charge in [-0.1, -0.05) is 5.16 Å². The van der Waals surface area contributed by atoms with Gasteiger partial charge in [-0.2, -0.15) is 0 Å². The number of fused-ring (bicyclic) bond motifs is 1. The van der Waals surface area contributed by atoms with Crippen LogP contribution in [0.15, 0.2) is 33.7 Å². The highest BCUT2D eigenvalue weighted by Crippen LogP contribution is 2.34. The fraction of sp³-hybridized carbons (Fsp3) is 0.357. The number of aryl methyl sites for hydroxylation is 1.